The SMILES string of the molecule is CC(C)n1nc(I)cc1[C@]12C3[C@@H](N4CCC5(C4)CS(=O)(=O)C5)C[C@@H]1[C@H]32. The fourth-order valence-electron chi connectivity index (χ4n) is 7.03. The topological polar surface area (TPSA) is 55.2 Å². The van der Waals surface area contributed by atoms with Crippen molar-refractivity contribution in [1.29, 1.82) is 0 Å². The smallest absolute Gasteiger partial charge is 0.151 e. The third-order valence-electron chi connectivity index (χ3n) is 7.86. The zero-order valence-corrected chi connectivity index (χ0v) is 17.6. The van der Waals surface area contributed by atoms with Crippen molar-refractivity contribution < 1.29 is 8.42 Å². The number of fused-ring (bicyclic) bond motifs is 1. The minimum absolute atomic E-state index is 0.101. The summed E-state index contributed by atoms with van der Waals surface area (Å²) in [5, 5.41) is 4.75. The van der Waals surface area contributed by atoms with Gasteiger partial charge in [-0.1, -0.05) is 0 Å². The highest BCUT2D eigenvalue weighted by Crippen LogP contribution is 2.91. The molecule has 2 saturated heterocycles. The van der Waals surface area contributed by atoms with Crippen LogP contribution in [0.15, 0.2) is 6.07 Å². The van der Waals surface area contributed by atoms with Gasteiger partial charge >= 0.3 is 0 Å². The molecule has 4 saturated carbocycles. The van der Waals surface area contributed by atoms with Gasteiger partial charge < -0.3 is 0 Å². The van der Waals surface area contributed by atoms with Crippen LogP contribution < -0.4 is 0 Å². The molecule has 5 atom stereocenters. The van der Waals surface area contributed by atoms with Crippen molar-refractivity contribution in [3.63, 3.8) is 0 Å². The predicted octanol–water partition coefficient (Wildman–Crippen LogP) is 2.08. The minimum atomic E-state index is -2.72. The summed E-state index contributed by atoms with van der Waals surface area (Å²) in [4.78, 5) is 2.65. The summed E-state index contributed by atoms with van der Waals surface area (Å²) >= 11 is 2.34. The Labute approximate surface area is 162 Å². The molecule has 136 valence electrons. The molecule has 0 aromatic carbocycles. The highest BCUT2D eigenvalue weighted by Gasteiger charge is 2.93. The Morgan fingerprint density at radius 1 is 1.32 bits per heavy atom. The lowest BCUT2D eigenvalue weighted by Gasteiger charge is -2.38. The summed E-state index contributed by atoms with van der Waals surface area (Å²) in [6.07, 6.45) is 2.40. The van der Waals surface area contributed by atoms with Crippen LogP contribution >= 0.6 is 22.6 Å². The first kappa shape index (κ1) is 15.9. The minimum Gasteiger partial charge on any atom is -0.299 e. The van der Waals surface area contributed by atoms with Crippen molar-refractivity contribution in [2.45, 2.75) is 44.2 Å². The van der Waals surface area contributed by atoms with Crippen molar-refractivity contribution >= 4 is 32.4 Å². The van der Waals surface area contributed by atoms with Gasteiger partial charge in [0.05, 0.1) is 11.5 Å². The molecule has 7 heteroatoms. The van der Waals surface area contributed by atoms with Gasteiger partial charge in [-0.25, -0.2) is 8.42 Å². The van der Waals surface area contributed by atoms with Crippen LogP contribution in [0.3, 0.4) is 0 Å². The van der Waals surface area contributed by atoms with Gasteiger partial charge in [0, 0.05) is 35.2 Å². The van der Waals surface area contributed by atoms with Crippen LogP contribution in [0.2, 0.25) is 0 Å². The lowest BCUT2D eigenvalue weighted by molar-refractivity contribution is 0.204. The molecule has 5 nitrogen and oxygen atoms in total. The maximum atomic E-state index is 11.7. The van der Waals surface area contributed by atoms with E-state index in [4.69, 9.17) is 5.10 Å². The Morgan fingerprint density at radius 3 is 2.72 bits per heavy atom. The average Bonchev–Trinajstić information content (AvgIpc) is 2.99. The maximum absolute atomic E-state index is 11.7. The third-order valence-corrected chi connectivity index (χ3v) is 10.5. The molecule has 7 rings (SSSR count). The van der Waals surface area contributed by atoms with E-state index in [9.17, 15) is 8.42 Å². The van der Waals surface area contributed by atoms with E-state index in [-0.39, 0.29) is 5.41 Å². The summed E-state index contributed by atoms with van der Waals surface area (Å²) in [5.41, 5.74) is 2.01. The molecule has 0 radical (unpaired) electrons. The molecule has 2 bridgehead atoms. The van der Waals surface area contributed by atoms with Crippen molar-refractivity contribution in [1.82, 2.24) is 14.7 Å². The largest absolute Gasteiger partial charge is 0.299 e. The molecular formula is C18H24IN3O2S. The fraction of sp³-hybridized carbons (Fsp3) is 0.833. The number of rotatable bonds is 3. The van der Waals surface area contributed by atoms with Gasteiger partial charge in [-0.15, -0.1) is 0 Å². The van der Waals surface area contributed by atoms with Crippen LogP contribution in [0, 0.1) is 26.9 Å². The summed E-state index contributed by atoms with van der Waals surface area (Å²) in [6.45, 7) is 6.57. The molecule has 1 aromatic rings. The average molecular weight is 473 g/mol. The third kappa shape index (κ3) is 1.83. The fourth-order valence-corrected chi connectivity index (χ4v) is 9.81. The zero-order valence-electron chi connectivity index (χ0n) is 14.7. The van der Waals surface area contributed by atoms with E-state index in [1.807, 2.05) is 0 Å². The van der Waals surface area contributed by atoms with E-state index in [1.165, 1.54) is 12.1 Å². The normalized spacial score (nSPS) is 45.0. The Hall–Kier alpha value is -0.150. The van der Waals surface area contributed by atoms with E-state index in [0.29, 0.717) is 29.0 Å². The zero-order chi connectivity index (χ0) is 17.4. The Morgan fingerprint density at radius 2 is 2.08 bits per heavy atom. The number of sulfone groups is 1. The summed E-state index contributed by atoms with van der Waals surface area (Å²) in [7, 11) is -2.72. The van der Waals surface area contributed by atoms with Crippen LogP contribution in [0.25, 0.3) is 0 Å². The predicted molar refractivity (Wildman–Crippen MR) is 103 cm³/mol. The lowest BCUT2D eigenvalue weighted by Crippen LogP contribution is -2.50. The number of likely N-dealkylation sites (tertiary alicyclic amines) is 1. The molecule has 25 heavy (non-hydrogen) atoms. The summed E-state index contributed by atoms with van der Waals surface area (Å²) in [5.74, 6) is 3.40. The number of hydrogen-bond donors (Lipinski definition) is 0. The molecule has 1 spiro atoms. The quantitative estimate of drug-likeness (QED) is 0.631. The Balaban J connectivity index is 1.24. The van der Waals surface area contributed by atoms with Crippen molar-refractivity contribution in [2.24, 2.45) is 23.2 Å². The number of nitrogens with zero attached hydrogens (tertiary/aromatic N) is 3. The standard InChI is InChI=1S/C18H24IN3O2S/c1-10(2)22-13(6-14(19)20-22)18-11-5-12(16(18)15(11)18)21-4-3-17(7-21)8-25(23,24)9-17/h6,10-12,15-16H,3-5,7-9H2,1-2H3/t11-,12+,15-,16?,18-/m1/s1. The molecule has 0 N–H and O–H groups in total. The Kier molecular flexibility index (Phi) is 2.83. The first-order valence-corrected chi connectivity index (χ1v) is 12.4. The molecular weight excluding hydrogens is 449 g/mol. The number of halogens is 1. The second-order valence-electron chi connectivity index (χ2n) is 9.54. The van der Waals surface area contributed by atoms with E-state index >= 15 is 0 Å². The van der Waals surface area contributed by atoms with Gasteiger partial charge in [0.2, 0.25) is 0 Å². The maximum Gasteiger partial charge on any atom is 0.151 e. The second kappa shape index (κ2) is 4.46. The second-order valence-corrected chi connectivity index (χ2v) is 12.7. The van der Waals surface area contributed by atoms with Crippen LogP contribution in [0.4, 0.5) is 0 Å². The van der Waals surface area contributed by atoms with Gasteiger partial charge in [0.25, 0.3) is 0 Å². The molecule has 6 aliphatic rings. The van der Waals surface area contributed by atoms with Crippen molar-refractivity contribution in [3.8, 4) is 0 Å². The van der Waals surface area contributed by atoms with E-state index in [1.54, 1.807) is 0 Å². The molecule has 2 aliphatic heterocycles. The van der Waals surface area contributed by atoms with Gasteiger partial charge in [-0.3, -0.25) is 9.58 Å². The van der Waals surface area contributed by atoms with Gasteiger partial charge in [-0.2, -0.15) is 5.10 Å². The summed E-state index contributed by atoms with van der Waals surface area (Å²) < 4.78 is 26.7. The van der Waals surface area contributed by atoms with Crippen LogP contribution in [-0.4, -0.2) is 53.7 Å². The number of hydrogen-bond acceptors (Lipinski definition) is 4. The van der Waals surface area contributed by atoms with Crippen LogP contribution in [0.1, 0.15) is 38.4 Å². The molecule has 4 aliphatic carbocycles. The molecule has 1 aromatic heterocycles. The van der Waals surface area contributed by atoms with Crippen molar-refractivity contribution in [2.75, 3.05) is 24.6 Å². The van der Waals surface area contributed by atoms with E-state index in [2.05, 4.69) is 52.1 Å². The first-order chi connectivity index (χ1) is 11.8. The molecule has 6 fully saturated rings. The molecule has 3 heterocycles. The van der Waals surface area contributed by atoms with Gasteiger partial charge in [0.1, 0.15) is 3.70 Å². The highest BCUT2D eigenvalue weighted by atomic mass is 127. The first-order valence-electron chi connectivity index (χ1n) is 9.47. The Bertz CT molecular complexity index is 876. The van der Waals surface area contributed by atoms with E-state index in [0.717, 1.165) is 41.0 Å². The van der Waals surface area contributed by atoms with Gasteiger partial charge in [-0.05, 0) is 79.6 Å². The van der Waals surface area contributed by atoms with Gasteiger partial charge in [0.15, 0.2) is 9.84 Å². The monoisotopic (exact) mass is 473 g/mol. The van der Waals surface area contributed by atoms with E-state index < -0.39 is 9.84 Å². The summed E-state index contributed by atoms with van der Waals surface area (Å²) in [6, 6.07) is 3.42. The lowest BCUT2D eigenvalue weighted by atomic mass is 9.91. The van der Waals surface area contributed by atoms with Crippen LogP contribution in [-0.2, 0) is 15.3 Å². The molecule has 0 amide bonds. The highest BCUT2D eigenvalue weighted by molar-refractivity contribution is 14.1. The van der Waals surface area contributed by atoms with Crippen molar-refractivity contribution in [3.05, 3.63) is 15.5 Å². The molecule has 1 unspecified atom stereocenters. The van der Waals surface area contributed by atoms with Crippen LogP contribution in [0.5, 0.6) is 0 Å². The number of aromatic nitrogens is 2.